The highest BCUT2D eigenvalue weighted by Crippen LogP contribution is 2.23. The number of hydrogen-bond donors (Lipinski definition) is 4. The van der Waals surface area contributed by atoms with E-state index in [1.807, 2.05) is 0 Å². The van der Waals surface area contributed by atoms with Crippen LogP contribution in [0, 0.1) is 0 Å². The van der Waals surface area contributed by atoms with E-state index in [2.05, 4.69) is 6.92 Å². The highest BCUT2D eigenvalue weighted by Gasteiger charge is 2.25. The number of hydrogen-bond acceptors (Lipinski definition) is 4. The van der Waals surface area contributed by atoms with Gasteiger partial charge in [0.2, 0.25) is 0 Å². The van der Waals surface area contributed by atoms with Crippen LogP contribution in [0.5, 0.6) is 0 Å². The first-order valence-corrected chi connectivity index (χ1v) is 6.71. The first-order valence-electron chi connectivity index (χ1n) is 6.71. The molecule has 0 bridgehead atoms. The van der Waals surface area contributed by atoms with Crippen LogP contribution in [0.4, 0.5) is 0 Å². The van der Waals surface area contributed by atoms with Gasteiger partial charge in [-0.2, -0.15) is 0 Å². The summed E-state index contributed by atoms with van der Waals surface area (Å²) in [6.07, 6.45) is 5.51. The van der Waals surface area contributed by atoms with E-state index >= 15 is 0 Å². The molecule has 0 aromatic heterocycles. The molecule has 112 valence electrons. The monoisotopic (exact) mass is 274 g/mol. The molecule has 6 nitrogen and oxygen atoms in total. The van der Waals surface area contributed by atoms with Crippen LogP contribution >= 0.6 is 0 Å². The molecule has 6 N–H and O–H groups in total. The molecule has 1 aliphatic rings. The minimum Gasteiger partial charge on any atom is -0.481 e. The summed E-state index contributed by atoms with van der Waals surface area (Å²) in [5, 5.41) is 16.3. The minimum atomic E-state index is -0.870. The van der Waals surface area contributed by atoms with Crippen molar-refractivity contribution in [3.8, 4) is 0 Å². The number of nitrogens with two attached hydrogens (primary N) is 2. The van der Waals surface area contributed by atoms with Gasteiger partial charge >= 0.3 is 11.9 Å². The van der Waals surface area contributed by atoms with Gasteiger partial charge in [0, 0.05) is 24.4 Å². The van der Waals surface area contributed by atoms with Gasteiger partial charge in [-0.15, -0.1) is 0 Å². The third-order valence-electron chi connectivity index (χ3n) is 3.08. The van der Waals surface area contributed by atoms with Crippen LogP contribution in [0.1, 0.15) is 58.3 Å². The number of aliphatic carboxylic acids is 2. The zero-order valence-electron chi connectivity index (χ0n) is 11.6. The van der Waals surface area contributed by atoms with E-state index in [4.69, 9.17) is 21.7 Å². The Morgan fingerprint density at radius 1 is 1.21 bits per heavy atom. The summed E-state index contributed by atoms with van der Waals surface area (Å²) in [5.41, 5.74) is 11.6. The maximum absolute atomic E-state index is 9.90. The van der Waals surface area contributed by atoms with E-state index in [-0.39, 0.29) is 18.4 Å². The summed E-state index contributed by atoms with van der Waals surface area (Å²) < 4.78 is 0. The number of rotatable bonds is 5. The lowest BCUT2D eigenvalue weighted by molar-refractivity contribution is -0.139. The highest BCUT2D eigenvalue weighted by atomic mass is 16.4. The zero-order chi connectivity index (χ0) is 14.9. The van der Waals surface area contributed by atoms with Crippen molar-refractivity contribution in [2.75, 3.05) is 0 Å². The number of unbranched alkanes of at least 4 members (excludes halogenated alkanes) is 1. The molecular weight excluding hydrogens is 248 g/mol. The zero-order valence-corrected chi connectivity index (χ0v) is 11.6. The lowest BCUT2D eigenvalue weighted by atomic mass is 9.82. The molecule has 2 atom stereocenters. The Morgan fingerprint density at radius 2 is 1.68 bits per heavy atom. The van der Waals surface area contributed by atoms with E-state index in [1.54, 1.807) is 0 Å². The average molecular weight is 274 g/mol. The summed E-state index contributed by atoms with van der Waals surface area (Å²) in [4.78, 5) is 19.8. The molecule has 1 saturated carbocycles. The number of carboxylic acids is 2. The van der Waals surface area contributed by atoms with Gasteiger partial charge in [0.05, 0.1) is 0 Å². The quantitative estimate of drug-likeness (QED) is 0.560. The fourth-order valence-electron chi connectivity index (χ4n) is 2.12. The lowest BCUT2D eigenvalue weighted by Gasteiger charge is -2.32. The molecule has 2 unspecified atom stereocenters. The summed E-state index contributed by atoms with van der Waals surface area (Å²) in [7, 11) is 0. The molecule has 1 fully saturated rings. The molecule has 6 heteroatoms. The molecule has 0 aromatic carbocycles. The van der Waals surface area contributed by atoms with E-state index in [0.717, 1.165) is 19.3 Å². The van der Waals surface area contributed by atoms with Crippen LogP contribution in [-0.4, -0.2) is 33.7 Å². The Labute approximate surface area is 114 Å². The van der Waals surface area contributed by atoms with Gasteiger partial charge in [0.25, 0.3) is 0 Å². The number of carbonyl (C=O) groups is 2. The minimum absolute atomic E-state index is 0.0255. The van der Waals surface area contributed by atoms with Crippen LogP contribution < -0.4 is 11.5 Å². The van der Waals surface area contributed by atoms with Crippen molar-refractivity contribution in [1.82, 2.24) is 0 Å². The van der Waals surface area contributed by atoms with E-state index in [0.29, 0.717) is 18.9 Å². The summed E-state index contributed by atoms with van der Waals surface area (Å²) in [5.74, 6) is -1.74. The highest BCUT2D eigenvalue weighted by molar-refractivity contribution is 5.67. The standard InChI is InChI=1S/C7H16N2.C6H10O4/c1-7(9)4-2-3-6(8)5-7;7-5(8)3-1-2-4-6(9)10/h6H,2-5,8-9H2,1H3;1-4H2,(H,7,8)(H,9,10). The van der Waals surface area contributed by atoms with Crippen LogP contribution in [0.15, 0.2) is 0 Å². The Morgan fingerprint density at radius 3 is 1.95 bits per heavy atom. The molecule has 0 spiro atoms. The topological polar surface area (TPSA) is 127 Å². The van der Waals surface area contributed by atoms with E-state index in [1.165, 1.54) is 6.42 Å². The van der Waals surface area contributed by atoms with Crippen LogP contribution in [0.2, 0.25) is 0 Å². The smallest absolute Gasteiger partial charge is 0.303 e. The summed E-state index contributed by atoms with van der Waals surface area (Å²) >= 11 is 0. The van der Waals surface area contributed by atoms with Gasteiger partial charge in [-0.3, -0.25) is 9.59 Å². The van der Waals surface area contributed by atoms with Gasteiger partial charge in [-0.1, -0.05) is 6.42 Å². The second-order valence-electron chi connectivity index (χ2n) is 5.51. The van der Waals surface area contributed by atoms with Crippen molar-refractivity contribution < 1.29 is 19.8 Å². The van der Waals surface area contributed by atoms with Gasteiger partial charge in [0.15, 0.2) is 0 Å². The largest absolute Gasteiger partial charge is 0.481 e. The second-order valence-corrected chi connectivity index (χ2v) is 5.51. The van der Waals surface area contributed by atoms with E-state index in [9.17, 15) is 9.59 Å². The van der Waals surface area contributed by atoms with Crippen LogP contribution in [-0.2, 0) is 9.59 Å². The molecular formula is C13H26N2O4. The third kappa shape index (κ3) is 11.7. The van der Waals surface area contributed by atoms with Crippen LogP contribution in [0.25, 0.3) is 0 Å². The van der Waals surface area contributed by atoms with Gasteiger partial charge in [-0.05, 0) is 39.0 Å². The molecule has 1 aliphatic carbocycles. The van der Waals surface area contributed by atoms with Crippen molar-refractivity contribution in [2.24, 2.45) is 11.5 Å². The van der Waals surface area contributed by atoms with Crippen molar-refractivity contribution in [3.63, 3.8) is 0 Å². The maximum Gasteiger partial charge on any atom is 0.303 e. The molecule has 0 saturated heterocycles. The average Bonchev–Trinajstić information content (AvgIpc) is 2.23. The predicted octanol–water partition coefficient (Wildman–Crippen LogP) is 1.32. The van der Waals surface area contributed by atoms with Gasteiger partial charge in [0.1, 0.15) is 0 Å². The Balaban J connectivity index is 0.000000342. The normalized spacial score (nSPS) is 26.2. The molecule has 0 amide bonds. The van der Waals surface area contributed by atoms with Crippen molar-refractivity contribution in [3.05, 3.63) is 0 Å². The Bertz CT molecular complexity index is 276. The summed E-state index contributed by atoms with van der Waals surface area (Å²) in [6, 6.07) is 0.355. The fraction of sp³-hybridized carbons (Fsp3) is 0.846. The van der Waals surface area contributed by atoms with Crippen molar-refractivity contribution in [2.45, 2.75) is 69.9 Å². The molecule has 19 heavy (non-hydrogen) atoms. The Kier molecular flexibility index (Phi) is 8.34. The van der Waals surface area contributed by atoms with Crippen LogP contribution in [0.3, 0.4) is 0 Å². The van der Waals surface area contributed by atoms with Gasteiger partial charge in [-0.25, -0.2) is 0 Å². The lowest BCUT2D eigenvalue weighted by Crippen LogP contribution is -2.45. The van der Waals surface area contributed by atoms with Crippen molar-refractivity contribution in [1.29, 1.82) is 0 Å². The first kappa shape index (κ1) is 17.9. The molecule has 0 aliphatic heterocycles. The first-order chi connectivity index (χ1) is 8.73. The molecule has 0 aromatic rings. The van der Waals surface area contributed by atoms with E-state index < -0.39 is 11.9 Å². The molecule has 1 rings (SSSR count). The predicted molar refractivity (Wildman–Crippen MR) is 72.8 cm³/mol. The van der Waals surface area contributed by atoms with Gasteiger partial charge < -0.3 is 21.7 Å². The molecule has 0 radical (unpaired) electrons. The third-order valence-corrected chi connectivity index (χ3v) is 3.08. The van der Waals surface area contributed by atoms with Crippen molar-refractivity contribution >= 4 is 11.9 Å². The maximum atomic E-state index is 9.90. The number of carboxylic acid groups (broad SMARTS) is 2. The SMILES string of the molecule is CC1(N)CCCC(N)C1.O=C(O)CCCCC(=O)O. The Hall–Kier alpha value is -1.14. The fourth-order valence-corrected chi connectivity index (χ4v) is 2.12. The molecule has 0 heterocycles. The second kappa shape index (κ2) is 8.87. The summed E-state index contributed by atoms with van der Waals surface area (Å²) in [6.45, 7) is 2.09.